The van der Waals surface area contributed by atoms with Crippen molar-refractivity contribution in [2.75, 3.05) is 0 Å². The minimum Gasteiger partial charge on any atom is -0.423 e. The van der Waals surface area contributed by atoms with Gasteiger partial charge in [-0.2, -0.15) is 0 Å². The fourth-order valence-electron chi connectivity index (χ4n) is 3.86. The predicted molar refractivity (Wildman–Crippen MR) is 87.0 cm³/mol. The smallest absolute Gasteiger partial charge is 0.423 e. The van der Waals surface area contributed by atoms with E-state index in [1.165, 1.54) is 16.7 Å². The van der Waals surface area contributed by atoms with Crippen LogP contribution in [0.2, 0.25) is 0 Å². The second kappa shape index (κ2) is 4.46. The molecule has 0 fully saturated rings. The second-order valence-corrected chi connectivity index (χ2v) is 6.94. The highest BCUT2D eigenvalue weighted by atomic mass is 16.4. The van der Waals surface area contributed by atoms with E-state index in [0.717, 1.165) is 5.56 Å². The average molecular weight is 280 g/mol. The fraction of sp³-hybridized carbons (Fsp3) is 0.333. The molecule has 3 heteroatoms. The van der Waals surface area contributed by atoms with Gasteiger partial charge < -0.3 is 10.0 Å². The zero-order chi connectivity index (χ0) is 15.4. The maximum atomic E-state index is 9.79. The molecule has 2 N–H and O–H groups in total. The largest absolute Gasteiger partial charge is 0.488 e. The van der Waals surface area contributed by atoms with Gasteiger partial charge in [-0.3, -0.25) is 0 Å². The van der Waals surface area contributed by atoms with E-state index in [0.29, 0.717) is 5.46 Å². The van der Waals surface area contributed by atoms with Crippen LogP contribution in [0, 0.1) is 0 Å². The first kappa shape index (κ1) is 14.4. The molecule has 21 heavy (non-hydrogen) atoms. The maximum absolute atomic E-state index is 9.79. The van der Waals surface area contributed by atoms with E-state index >= 15 is 0 Å². The Morgan fingerprint density at radius 2 is 1.24 bits per heavy atom. The summed E-state index contributed by atoms with van der Waals surface area (Å²) in [6.07, 6.45) is 0. The Balaban J connectivity index is 2.42. The van der Waals surface area contributed by atoms with Crippen LogP contribution in [0.15, 0.2) is 42.5 Å². The molecule has 0 aromatic heterocycles. The molecule has 2 nitrogen and oxygen atoms in total. The highest BCUT2D eigenvalue weighted by Gasteiger charge is 2.43. The van der Waals surface area contributed by atoms with Gasteiger partial charge in [-0.05, 0) is 27.7 Å². The van der Waals surface area contributed by atoms with Crippen LogP contribution in [-0.2, 0) is 10.8 Å². The molecular formula is C18H21BO2. The predicted octanol–water partition coefficient (Wildman–Crippen LogP) is 2.33. The van der Waals surface area contributed by atoms with Crippen LogP contribution < -0.4 is 5.46 Å². The van der Waals surface area contributed by atoms with Gasteiger partial charge >= 0.3 is 7.12 Å². The summed E-state index contributed by atoms with van der Waals surface area (Å²) in [6.45, 7) is 8.72. The van der Waals surface area contributed by atoms with E-state index < -0.39 is 7.12 Å². The fourth-order valence-corrected chi connectivity index (χ4v) is 3.86. The molecule has 0 atom stereocenters. The van der Waals surface area contributed by atoms with Gasteiger partial charge in [0.1, 0.15) is 0 Å². The van der Waals surface area contributed by atoms with Gasteiger partial charge in [0.15, 0.2) is 0 Å². The molecular weight excluding hydrogens is 259 g/mol. The zero-order valence-electron chi connectivity index (χ0n) is 13.0. The molecule has 0 spiro atoms. The van der Waals surface area contributed by atoms with Crippen molar-refractivity contribution in [2.45, 2.75) is 38.5 Å². The van der Waals surface area contributed by atoms with Crippen molar-refractivity contribution in [2.24, 2.45) is 0 Å². The van der Waals surface area contributed by atoms with Crippen molar-refractivity contribution in [3.05, 3.63) is 64.7 Å². The molecule has 0 saturated carbocycles. The molecule has 108 valence electrons. The van der Waals surface area contributed by atoms with E-state index in [4.69, 9.17) is 0 Å². The third-order valence-corrected chi connectivity index (χ3v) is 4.95. The molecule has 0 radical (unpaired) electrons. The zero-order valence-corrected chi connectivity index (χ0v) is 13.0. The summed E-state index contributed by atoms with van der Waals surface area (Å²) in [5, 5.41) is 19.6. The highest BCUT2D eigenvalue weighted by molar-refractivity contribution is 6.59. The van der Waals surface area contributed by atoms with Gasteiger partial charge in [0.25, 0.3) is 0 Å². The van der Waals surface area contributed by atoms with E-state index in [9.17, 15) is 10.0 Å². The van der Waals surface area contributed by atoms with Crippen molar-refractivity contribution < 1.29 is 10.0 Å². The third kappa shape index (κ3) is 1.88. The summed E-state index contributed by atoms with van der Waals surface area (Å²) >= 11 is 0. The lowest BCUT2D eigenvalue weighted by Crippen LogP contribution is -2.45. The quantitative estimate of drug-likeness (QED) is 0.787. The first-order chi connectivity index (χ1) is 9.78. The summed E-state index contributed by atoms with van der Waals surface area (Å²) < 4.78 is 0. The Bertz CT molecular complexity index is 702. The molecule has 0 heterocycles. The first-order valence-electron chi connectivity index (χ1n) is 7.38. The Hall–Kier alpha value is -1.58. The molecule has 0 amide bonds. The topological polar surface area (TPSA) is 40.5 Å². The number of rotatable bonds is 1. The standard InChI is InChI=1S/C18H21BO2/c1-17(2)12-8-5-6-9-13(12)18(3,4)16-14(17)10-7-11-15(16)19(20)21/h5-11,20-21H,1-4H3. The van der Waals surface area contributed by atoms with Gasteiger partial charge in [-0.15, -0.1) is 0 Å². The second-order valence-electron chi connectivity index (χ2n) is 6.94. The average Bonchev–Trinajstić information content (AvgIpc) is 2.45. The van der Waals surface area contributed by atoms with Crippen LogP contribution in [0.1, 0.15) is 49.9 Å². The highest BCUT2D eigenvalue weighted by Crippen LogP contribution is 2.48. The number of hydrogen-bond donors (Lipinski definition) is 2. The monoisotopic (exact) mass is 280 g/mol. The SMILES string of the molecule is CC1(C)c2ccccc2C(C)(C)c2c(B(O)O)cccc21. The number of benzene rings is 2. The molecule has 1 aliphatic carbocycles. The Labute approximate surface area is 126 Å². The van der Waals surface area contributed by atoms with Crippen molar-refractivity contribution in [1.82, 2.24) is 0 Å². The summed E-state index contributed by atoms with van der Waals surface area (Å²) in [4.78, 5) is 0. The number of hydrogen-bond acceptors (Lipinski definition) is 2. The summed E-state index contributed by atoms with van der Waals surface area (Å²) in [7, 11) is -1.44. The molecule has 0 bridgehead atoms. The molecule has 0 aliphatic heterocycles. The maximum Gasteiger partial charge on any atom is 0.488 e. The Kier molecular flexibility index (Phi) is 3.05. The van der Waals surface area contributed by atoms with Crippen molar-refractivity contribution in [3.63, 3.8) is 0 Å². The minimum atomic E-state index is -1.44. The lowest BCUT2D eigenvalue weighted by atomic mass is 9.56. The van der Waals surface area contributed by atoms with Crippen molar-refractivity contribution in [1.29, 1.82) is 0 Å². The van der Waals surface area contributed by atoms with Crippen LogP contribution >= 0.6 is 0 Å². The van der Waals surface area contributed by atoms with Crippen molar-refractivity contribution >= 4 is 12.6 Å². The molecule has 1 aliphatic rings. The number of fused-ring (bicyclic) bond motifs is 2. The van der Waals surface area contributed by atoms with Gasteiger partial charge in [-0.1, -0.05) is 70.2 Å². The first-order valence-corrected chi connectivity index (χ1v) is 7.38. The molecule has 3 rings (SSSR count). The van der Waals surface area contributed by atoms with Gasteiger partial charge in [0.05, 0.1) is 0 Å². The van der Waals surface area contributed by atoms with Gasteiger partial charge in [0.2, 0.25) is 0 Å². The van der Waals surface area contributed by atoms with E-state index in [2.05, 4.69) is 58.0 Å². The molecule has 2 aromatic carbocycles. The van der Waals surface area contributed by atoms with E-state index in [-0.39, 0.29) is 10.8 Å². The van der Waals surface area contributed by atoms with Crippen LogP contribution in [0.25, 0.3) is 0 Å². The van der Waals surface area contributed by atoms with Gasteiger partial charge in [0, 0.05) is 10.8 Å². The Morgan fingerprint density at radius 1 is 0.714 bits per heavy atom. The summed E-state index contributed by atoms with van der Waals surface area (Å²) in [5.41, 5.74) is 5.01. The third-order valence-electron chi connectivity index (χ3n) is 4.95. The van der Waals surface area contributed by atoms with Crippen LogP contribution in [0.5, 0.6) is 0 Å². The van der Waals surface area contributed by atoms with Crippen molar-refractivity contribution in [3.8, 4) is 0 Å². The minimum absolute atomic E-state index is 0.146. The van der Waals surface area contributed by atoms with E-state index in [1.807, 2.05) is 12.1 Å². The lowest BCUT2D eigenvalue weighted by Gasteiger charge is -2.45. The lowest BCUT2D eigenvalue weighted by molar-refractivity contribution is 0.423. The molecule has 0 unspecified atom stereocenters. The molecule has 2 aromatic rings. The summed E-state index contributed by atoms with van der Waals surface area (Å²) in [5.74, 6) is 0. The van der Waals surface area contributed by atoms with Crippen LogP contribution in [0.4, 0.5) is 0 Å². The van der Waals surface area contributed by atoms with E-state index in [1.54, 1.807) is 0 Å². The Morgan fingerprint density at radius 3 is 1.81 bits per heavy atom. The van der Waals surface area contributed by atoms with Crippen LogP contribution in [0.3, 0.4) is 0 Å². The van der Waals surface area contributed by atoms with Gasteiger partial charge in [-0.25, -0.2) is 0 Å². The summed E-state index contributed by atoms with van der Waals surface area (Å²) in [6, 6.07) is 14.3. The molecule has 0 saturated heterocycles. The normalized spacial score (nSPS) is 17.8. The van der Waals surface area contributed by atoms with Crippen LogP contribution in [-0.4, -0.2) is 17.2 Å².